The zero-order valence-corrected chi connectivity index (χ0v) is 15.5. The SMILES string of the molecule is CC(C)(CC(=O)NC1CCCC1)CC1=NS(=O)(=O)c2ccccc2N1. The topological polar surface area (TPSA) is 87.6 Å². The number of hydrogen-bond donors (Lipinski definition) is 2. The molecule has 6 nitrogen and oxygen atoms in total. The average molecular weight is 363 g/mol. The van der Waals surface area contributed by atoms with Crippen molar-refractivity contribution in [3.05, 3.63) is 24.3 Å². The quantitative estimate of drug-likeness (QED) is 0.841. The first-order valence-electron chi connectivity index (χ1n) is 8.74. The van der Waals surface area contributed by atoms with Crippen LogP contribution < -0.4 is 10.6 Å². The molecule has 1 fully saturated rings. The Morgan fingerprint density at radius 3 is 2.68 bits per heavy atom. The predicted octanol–water partition coefficient (Wildman–Crippen LogP) is 3.06. The Balaban J connectivity index is 1.66. The van der Waals surface area contributed by atoms with Crippen molar-refractivity contribution in [1.29, 1.82) is 0 Å². The van der Waals surface area contributed by atoms with Crippen LogP contribution in [0, 0.1) is 5.41 Å². The number of nitrogens with zero attached hydrogens (tertiary/aromatic N) is 1. The summed E-state index contributed by atoms with van der Waals surface area (Å²) in [5, 5.41) is 6.18. The third-order valence-corrected chi connectivity index (χ3v) is 6.05. The number of sulfonamides is 1. The molecule has 1 aliphatic heterocycles. The number of rotatable bonds is 5. The number of hydrogen-bond acceptors (Lipinski definition) is 4. The summed E-state index contributed by atoms with van der Waals surface area (Å²) >= 11 is 0. The standard InChI is InChI=1S/C18H25N3O3S/c1-18(2,12-17(22)19-13-7-3-4-8-13)11-16-20-14-9-5-6-10-15(14)25(23,24)21-16/h5-6,9-10,13H,3-4,7-8,11-12H2,1-2H3,(H,19,22)(H,20,21). The van der Waals surface area contributed by atoms with E-state index in [2.05, 4.69) is 15.0 Å². The first-order valence-corrected chi connectivity index (χ1v) is 10.2. The van der Waals surface area contributed by atoms with Crippen molar-refractivity contribution in [1.82, 2.24) is 5.32 Å². The van der Waals surface area contributed by atoms with E-state index in [1.165, 1.54) is 18.9 Å². The monoisotopic (exact) mass is 363 g/mol. The van der Waals surface area contributed by atoms with Gasteiger partial charge in [0, 0.05) is 18.9 Å². The number of carbonyl (C=O) groups is 1. The molecule has 0 unspecified atom stereocenters. The van der Waals surface area contributed by atoms with Gasteiger partial charge >= 0.3 is 0 Å². The third kappa shape index (κ3) is 4.39. The molecule has 25 heavy (non-hydrogen) atoms. The summed E-state index contributed by atoms with van der Waals surface area (Å²) in [4.78, 5) is 12.5. The fraction of sp³-hybridized carbons (Fsp3) is 0.556. The molecule has 1 aromatic carbocycles. The minimum Gasteiger partial charge on any atom is -0.353 e. The molecular weight excluding hydrogens is 338 g/mol. The molecule has 0 atom stereocenters. The van der Waals surface area contributed by atoms with Crippen molar-refractivity contribution in [2.45, 2.75) is 63.3 Å². The normalized spacial score (nSPS) is 19.7. The van der Waals surface area contributed by atoms with Gasteiger partial charge < -0.3 is 10.6 Å². The van der Waals surface area contributed by atoms with Gasteiger partial charge in [-0.2, -0.15) is 8.42 Å². The van der Waals surface area contributed by atoms with E-state index in [1.807, 2.05) is 13.8 Å². The number of carbonyl (C=O) groups excluding carboxylic acids is 1. The van der Waals surface area contributed by atoms with Crippen molar-refractivity contribution < 1.29 is 13.2 Å². The zero-order chi connectivity index (χ0) is 18.1. The van der Waals surface area contributed by atoms with Gasteiger partial charge in [-0.05, 0) is 30.4 Å². The van der Waals surface area contributed by atoms with Crippen molar-refractivity contribution in [3.8, 4) is 0 Å². The lowest BCUT2D eigenvalue weighted by Crippen LogP contribution is -2.37. The van der Waals surface area contributed by atoms with Crippen LogP contribution in [0.3, 0.4) is 0 Å². The Kier molecular flexibility index (Phi) is 4.86. The van der Waals surface area contributed by atoms with Gasteiger partial charge in [0.1, 0.15) is 10.7 Å². The zero-order valence-electron chi connectivity index (χ0n) is 14.7. The minimum absolute atomic E-state index is 0.0246. The summed E-state index contributed by atoms with van der Waals surface area (Å²) in [6, 6.07) is 7.01. The van der Waals surface area contributed by atoms with Crippen LogP contribution in [0.4, 0.5) is 5.69 Å². The Morgan fingerprint density at radius 1 is 1.28 bits per heavy atom. The fourth-order valence-electron chi connectivity index (χ4n) is 3.54. The van der Waals surface area contributed by atoms with E-state index in [0.717, 1.165) is 12.8 Å². The molecule has 2 aliphatic rings. The van der Waals surface area contributed by atoms with Gasteiger partial charge in [0.05, 0.1) is 5.69 Å². The summed E-state index contributed by atoms with van der Waals surface area (Å²) < 4.78 is 28.5. The van der Waals surface area contributed by atoms with Crippen molar-refractivity contribution >= 4 is 27.5 Å². The van der Waals surface area contributed by atoms with Gasteiger partial charge in [0.15, 0.2) is 0 Å². The molecule has 0 bridgehead atoms. The molecule has 1 saturated carbocycles. The highest BCUT2D eigenvalue weighted by molar-refractivity contribution is 7.90. The lowest BCUT2D eigenvalue weighted by atomic mass is 9.84. The second kappa shape index (κ2) is 6.78. The molecule has 136 valence electrons. The Bertz CT molecular complexity index is 794. The summed E-state index contributed by atoms with van der Waals surface area (Å²) in [6.07, 6.45) is 5.17. The number of amidine groups is 1. The van der Waals surface area contributed by atoms with Gasteiger partial charge in [-0.1, -0.05) is 38.8 Å². The van der Waals surface area contributed by atoms with Crippen LogP contribution in [0.1, 0.15) is 52.4 Å². The largest absolute Gasteiger partial charge is 0.353 e. The molecule has 1 aromatic rings. The Labute approximate surface area is 149 Å². The highest BCUT2D eigenvalue weighted by atomic mass is 32.2. The van der Waals surface area contributed by atoms with Crippen molar-refractivity contribution in [2.24, 2.45) is 9.81 Å². The second-order valence-electron chi connectivity index (χ2n) is 7.70. The fourth-order valence-corrected chi connectivity index (χ4v) is 4.69. The number of fused-ring (bicyclic) bond motifs is 1. The predicted molar refractivity (Wildman–Crippen MR) is 98.1 cm³/mol. The van der Waals surface area contributed by atoms with Crippen LogP contribution in [0.25, 0.3) is 0 Å². The first-order chi connectivity index (χ1) is 11.8. The van der Waals surface area contributed by atoms with E-state index in [9.17, 15) is 13.2 Å². The maximum absolute atomic E-state index is 12.3. The number of para-hydroxylation sites is 1. The number of anilines is 1. The van der Waals surface area contributed by atoms with E-state index in [0.29, 0.717) is 30.4 Å². The van der Waals surface area contributed by atoms with Gasteiger partial charge in [-0.25, -0.2) is 0 Å². The molecule has 3 rings (SSSR count). The van der Waals surface area contributed by atoms with Crippen LogP contribution in [0.15, 0.2) is 33.6 Å². The number of amides is 1. The summed E-state index contributed by atoms with van der Waals surface area (Å²) in [5.74, 6) is 0.411. The van der Waals surface area contributed by atoms with Crippen LogP contribution >= 0.6 is 0 Å². The molecular formula is C18H25N3O3S. The lowest BCUT2D eigenvalue weighted by molar-refractivity contribution is -0.123. The molecule has 2 N–H and O–H groups in total. The smallest absolute Gasteiger partial charge is 0.286 e. The minimum atomic E-state index is -3.69. The molecule has 0 radical (unpaired) electrons. The van der Waals surface area contributed by atoms with Crippen LogP contribution in [0.5, 0.6) is 0 Å². The van der Waals surface area contributed by atoms with E-state index < -0.39 is 15.4 Å². The molecule has 1 amide bonds. The van der Waals surface area contributed by atoms with E-state index in [1.54, 1.807) is 18.2 Å². The lowest BCUT2D eigenvalue weighted by Gasteiger charge is -2.27. The van der Waals surface area contributed by atoms with Crippen LogP contribution in [-0.4, -0.2) is 26.2 Å². The first kappa shape index (κ1) is 17.9. The maximum atomic E-state index is 12.3. The Hall–Kier alpha value is -1.89. The Morgan fingerprint density at radius 2 is 1.96 bits per heavy atom. The van der Waals surface area contributed by atoms with Gasteiger partial charge in [0.25, 0.3) is 10.0 Å². The second-order valence-corrected chi connectivity index (χ2v) is 9.27. The van der Waals surface area contributed by atoms with E-state index in [-0.39, 0.29) is 10.8 Å². The van der Waals surface area contributed by atoms with Gasteiger partial charge in [0.2, 0.25) is 5.91 Å². The number of benzene rings is 1. The summed E-state index contributed by atoms with van der Waals surface area (Å²) in [7, 11) is -3.69. The third-order valence-electron chi connectivity index (χ3n) is 4.68. The maximum Gasteiger partial charge on any atom is 0.286 e. The highest BCUT2D eigenvalue weighted by Gasteiger charge is 2.30. The van der Waals surface area contributed by atoms with Crippen molar-refractivity contribution in [2.75, 3.05) is 5.32 Å². The molecule has 7 heteroatoms. The summed E-state index contributed by atoms with van der Waals surface area (Å²) in [5.41, 5.74) is 0.148. The van der Waals surface area contributed by atoms with Gasteiger partial charge in [-0.3, -0.25) is 4.79 Å². The summed E-state index contributed by atoms with van der Waals surface area (Å²) in [6.45, 7) is 3.91. The molecule has 0 spiro atoms. The van der Waals surface area contributed by atoms with E-state index >= 15 is 0 Å². The van der Waals surface area contributed by atoms with Crippen molar-refractivity contribution in [3.63, 3.8) is 0 Å². The van der Waals surface area contributed by atoms with Crippen LogP contribution in [-0.2, 0) is 14.8 Å². The average Bonchev–Trinajstić information content (AvgIpc) is 2.98. The molecule has 0 aromatic heterocycles. The molecule has 1 heterocycles. The van der Waals surface area contributed by atoms with E-state index in [4.69, 9.17) is 0 Å². The highest BCUT2D eigenvalue weighted by Crippen LogP contribution is 2.32. The number of nitrogens with one attached hydrogen (secondary N) is 2. The van der Waals surface area contributed by atoms with Crippen LogP contribution in [0.2, 0.25) is 0 Å². The molecule has 1 aliphatic carbocycles. The molecule has 0 saturated heterocycles. The van der Waals surface area contributed by atoms with Gasteiger partial charge in [-0.15, -0.1) is 4.40 Å².